The number of ether oxygens (including phenoxy) is 1. The minimum atomic E-state index is -0.560. The number of carbonyl (C=O) groups excluding carboxylic acids is 2. The minimum absolute atomic E-state index is 0.0456. The van der Waals surface area contributed by atoms with Gasteiger partial charge >= 0.3 is 0 Å². The Morgan fingerprint density at radius 2 is 1.88 bits per heavy atom. The maximum absolute atomic E-state index is 12.6. The molecule has 6 nitrogen and oxygen atoms in total. The Hall–Kier alpha value is -2.70. The highest BCUT2D eigenvalue weighted by molar-refractivity contribution is 6.34. The van der Waals surface area contributed by atoms with Crippen LogP contribution in [0.3, 0.4) is 0 Å². The minimum Gasteiger partial charge on any atom is -0.503 e. The summed E-state index contributed by atoms with van der Waals surface area (Å²) >= 11 is 12.0. The summed E-state index contributed by atoms with van der Waals surface area (Å²) in [5.41, 5.74) is 4.16. The largest absolute Gasteiger partial charge is 0.503 e. The third kappa shape index (κ3) is 3.21. The maximum Gasteiger partial charge on any atom is 0.282 e. The average molecular weight is 393 g/mol. The molecule has 0 aromatic heterocycles. The van der Waals surface area contributed by atoms with Crippen LogP contribution in [0.4, 0.5) is 5.69 Å². The van der Waals surface area contributed by atoms with Crippen molar-refractivity contribution in [3.63, 3.8) is 0 Å². The van der Waals surface area contributed by atoms with Crippen molar-refractivity contribution in [2.75, 3.05) is 12.1 Å². The Morgan fingerprint density at radius 1 is 1.15 bits per heavy atom. The van der Waals surface area contributed by atoms with Gasteiger partial charge in [0.05, 0.1) is 17.8 Å². The van der Waals surface area contributed by atoms with Crippen molar-refractivity contribution < 1.29 is 19.4 Å². The van der Waals surface area contributed by atoms with Gasteiger partial charge < -0.3 is 9.84 Å². The molecule has 0 aliphatic carbocycles. The third-order valence-corrected chi connectivity index (χ3v) is 4.58. The monoisotopic (exact) mass is 392 g/mol. The van der Waals surface area contributed by atoms with Gasteiger partial charge in [-0.05, 0) is 48.4 Å². The van der Waals surface area contributed by atoms with E-state index >= 15 is 0 Å². The van der Waals surface area contributed by atoms with Crippen molar-refractivity contribution in [2.24, 2.45) is 0 Å². The fraction of sp³-hybridized carbons (Fsp3) is 0.111. The number of hydrogen-bond donors (Lipinski definition) is 2. The molecule has 0 atom stereocenters. The molecule has 0 spiro atoms. The van der Waals surface area contributed by atoms with Gasteiger partial charge in [-0.25, -0.2) is 5.01 Å². The first-order valence-electron chi connectivity index (χ1n) is 7.51. The van der Waals surface area contributed by atoms with Crippen LogP contribution in [0.5, 0.6) is 11.5 Å². The van der Waals surface area contributed by atoms with E-state index in [0.717, 1.165) is 10.6 Å². The summed E-state index contributed by atoms with van der Waals surface area (Å²) in [6.45, 7) is 1.84. The van der Waals surface area contributed by atoms with Gasteiger partial charge in [-0.2, -0.15) is 0 Å². The van der Waals surface area contributed by atoms with Crippen molar-refractivity contribution in [1.29, 1.82) is 0 Å². The molecular formula is C18H14Cl2N2O4. The third-order valence-electron chi connectivity index (χ3n) is 3.89. The quantitative estimate of drug-likeness (QED) is 0.618. The normalized spacial score (nSPS) is 15.5. The number of aromatic hydroxyl groups is 1. The van der Waals surface area contributed by atoms with Crippen LogP contribution >= 0.6 is 23.2 Å². The lowest BCUT2D eigenvalue weighted by molar-refractivity contribution is -0.117. The van der Waals surface area contributed by atoms with Crippen LogP contribution in [0.15, 0.2) is 35.9 Å². The number of amides is 2. The fourth-order valence-electron chi connectivity index (χ4n) is 2.46. The van der Waals surface area contributed by atoms with Gasteiger partial charge in [0.25, 0.3) is 11.8 Å². The lowest BCUT2D eigenvalue weighted by Gasteiger charge is -2.15. The Balaban J connectivity index is 1.98. The number of aryl methyl sites for hydroxylation is 1. The Kier molecular flexibility index (Phi) is 4.80. The first kappa shape index (κ1) is 18.1. The summed E-state index contributed by atoms with van der Waals surface area (Å²) in [6, 6.07) is 7.93. The highest BCUT2D eigenvalue weighted by atomic mass is 35.5. The predicted molar refractivity (Wildman–Crippen MR) is 99.5 cm³/mol. The number of benzene rings is 2. The van der Waals surface area contributed by atoms with Gasteiger partial charge in [-0.1, -0.05) is 29.3 Å². The van der Waals surface area contributed by atoms with Crippen molar-refractivity contribution in [3.8, 4) is 11.5 Å². The molecule has 1 heterocycles. The lowest BCUT2D eigenvalue weighted by atomic mass is 10.1. The molecule has 3 rings (SSSR count). The summed E-state index contributed by atoms with van der Waals surface area (Å²) in [7, 11) is 1.37. The molecule has 0 bridgehead atoms. The van der Waals surface area contributed by atoms with Crippen LogP contribution in [-0.2, 0) is 9.59 Å². The number of nitrogens with one attached hydrogen (secondary N) is 1. The molecular weight excluding hydrogens is 379 g/mol. The fourth-order valence-corrected chi connectivity index (χ4v) is 2.85. The Morgan fingerprint density at radius 3 is 2.54 bits per heavy atom. The van der Waals surface area contributed by atoms with E-state index in [2.05, 4.69) is 5.43 Å². The number of phenols is 1. The molecule has 0 radical (unpaired) electrons. The van der Waals surface area contributed by atoms with E-state index in [0.29, 0.717) is 16.3 Å². The molecule has 1 fully saturated rings. The van der Waals surface area contributed by atoms with Crippen molar-refractivity contribution >= 4 is 46.8 Å². The molecule has 0 unspecified atom stereocenters. The molecule has 26 heavy (non-hydrogen) atoms. The van der Waals surface area contributed by atoms with E-state index in [-0.39, 0.29) is 22.1 Å². The molecule has 134 valence electrons. The van der Waals surface area contributed by atoms with Crippen molar-refractivity contribution in [3.05, 3.63) is 57.1 Å². The summed E-state index contributed by atoms with van der Waals surface area (Å²) in [6.07, 6.45) is 1.38. The number of anilines is 1. The number of hydrogen-bond acceptors (Lipinski definition) is 4. The summed E-state index contributed by atoms with van der Waals surface area (Å²) in [5.74, 6) is -1.17. The second-order valence-electron chi connectivity index (χ2n) is 5.63. The van der Waals surface area contributed by atoms with Gasteiger partial charge in [0.15, 0.2) is 11.5 Å². The highest BCUT2D eigenvalue weighted by Gasteiger charge is 2.34. The van der Waals surface area contributed by atoms with E-state index in [9.17, 15) is 14.7 Å². The van der Waals surface area contributed by atoms with Gasteiger partial charge in [0.2, 0.25) is 0 Å². The Bertz CT molecular complexity index is 956. The number of carbonyl (C=O) groups is 2. The zero-order valence-corrected chi connectivity index (χ0v) is 15.4. The van der Waals surface area contributed by atoms with Gasteiger partial charge in [-0.15, -0.1) is 0 Å². The van der Waals surface area contributed by atoms with E-state index in [4.69, 9.17) is 27.9 Å². The van der Waals surface area contributed by atoms with E-state index in [1.54, 1.807) is 18.2 Å². The molecule has 0 saturated carbocycles. The lowest BCUT2D eigenvalue weighted by Crippen LogP contribution is -2.35. The van der Waals surface area contributed by atoms with Crippen LogP contribution < -0.4 is 15.2 Å². The second-order valence-corrected chi connectivity index (χ2v) is 6.44. The van der Waals surface area contributed by atoms with Crippen molar-refractivity contribution in [2.45, 2.75) is 6.92 Å². The van der Waals surface area contributed by atoms with Crippen LogP contribution in [0.25, 0.3) is 6.08 Å². The molecule has 2 amide bonds. The molecule has 8 heteroatoms. The summed E-state index contributed by atoms with van der Waals surface area (Å²) in [4.78, 5) is 24.9. The van der Waals surface area contributed by atoms with Crippen LogP contribution in [0.2, 0.25) is 10.0 Å². The van der Waals surface area contributed by atoms with E-state index in [1.165, 1.54) is 25.3 Å². The molecule has 1 aliphatic rings. The van der Waals surface area contributed by atoms with Gasteiger partial charge in [-0.3, -0.25) is 15.0 Å². The number of phenolic OH excluding ortho intramolecular Hbond substituents is 1. The molecule has 2 aromatic carbocycles. The number of methoxy groups -OCH3 is 1. The second kappa shape index (κ2) is 6.90. The zero-order valence-electron chi connectivity index (χ0n) is 13.8. The molecule has 1 aliphatic heterocycles. The van der Waals surface area contributed by atoms with Crippen LogP contribution in [-0.4, -0.2) is 24.0 Å². The smallest absolute Gasteiger partial charge is 0.282 e. The van der Waals surface area contributed by atoms with Gasteiger partial charge in [0.1, 0.15) is 5.57 Å². The number of nitrogens with zero attached hydrogens (tertiary/aromatic N) is 1. The number of rotatable bonds is 3. The Labute approximate surface area is 159 Å². The SMILES string of the molecule is COc1cc(C=C2C(=O)NN(c3ccc(C)c(Cl)c3)C2=O)cc(Cl)c1O. The zero-order chi connectivity index (χ0) is 19.0. The maximum atomic E-state index is 12.6. The highest BCUT2D eigenvalue weighted by Crippen LogP contribution is 2.36. The van der Waals surface area contributed by atoms with E-state index in [1.807, 2.05) is 6.92 Å². The topological polar surface area (TPSA) is 78.9 Å². The molecule has 1 saturated heterocycles. The number of halogens is 2. The van der Waals surface area contributed by atoms with Crippen molar-refractivity contribution in [1.82, 2.24) is 5.43 Å². The number of hydrazine groups is 1. The molecule has 2 N–H and O–H groups in total. The summed E-state index contributed by atoms with van der Waals surface area (Å²) < 4.78 is 5.03. The standard InChI is InChI=1S/C18H14Cl2N2O4/c1-9-3-4-11(8-13(9)19)22-18(25)12(17(24)21-22)5-10-6-14(20)16(23)15(7-10)26-2/h3-8,23H,1-2H3,(H,21,24). The first-order valence-corrected chi connectivity index (χ1v) is 8.27. The van der Waals surface area contributed by atoms with E-state index < -0.39 is 11.8 Å². The van der Waals surface area contributed by atoms with Crippen LogP contribution in [0, 0.1) is 6.92 Å². The van der Waals surface area contributed by atoms with Crippen LogP contribution in [0.1, 0.15) is 11.1 Å². The predicted octanol–water partition coefficient (Wildman–Crippen LogP) is 3.48. The summed E-state index contributed by atoms with van der Waals surface area (Å²) in [5, 5.41) is 11.4. The van der Waals surface area contributed by atoms with Gasteiger partial charge in [0, 0.05) is 5.02 Å². The average Bonchev–Trinajstić information content (AvgIpc) is 2.88. The molecule has 2 aromatic rings. The first-order chi connectivity index (χ1) is 12.3.